The molecular formula is C21H27N. The largest absolute Gasteiger partial charge is 0.375 e. The molecule has 0 amide bonds. The lowest BCUT2D eigenvalue weighted by atomic mass is 9.74. The lowest BCUT2D eigenvalue weighted by Crippen LogP contribution is -2.38. The van der Waals surface area contributed by atoms with E-state index >= 15 is 0 Å². The third-order valence-electron chi connectivity index (χ3n) is 5.21. The van der Waals surface area contributed by atoms with Gasteiger partial charge in [-0.2, -0.15) is 0 Å². The van der Waals surface area contributed by atoms with E-state index in [0.29, 0.717) is 0 Å². The molecule has 1 aliphatic carbocycles. The summed E-state index contributed by atoms with van der Waals surface area (Å²) >= 11 is 0. The summed E-state index contributed by atoms with van der Waals surface area (Å²) in [4.78, 5) is 0. The Morgan fingerprint density at radius 2 is 1.32 bits per heavy atom. The van der Waals surface area contributed by atoms with E-state index < -0.39 is 0 Å². The molecular weight excluding hydrogens is 266 g/mol. The fraction of sp³-hybridized carbons (Fsp3) is 0.429. The van der Waals surface area contributed by atoms with Crippen LogP contribution in [0.1, 0.15) is 54.4 Å². The normalized spacial score (nSPS) is 17.2. The third-order valence-corrected chi connectivity index (χ3v) is 5.21. The summed E-state index contributed by atoms with van der Waals surface area (Å²) in [5.74, 6) is 0. The Hall–Kier alpha value is -1.76. The molecule has 1 heteroatoms. The lowest BCUT2D eigenvalue weighted by Gasteiger charge is -2.41. The van der Waals surface area contributed by atoms with Gasteiger partial charge in [-0.1, -0.05) is 61.7 Å². The van der Waals surface area contributed by atoms with Gasteiger partial charge < -0.3 is 5.32 Å². The summed E-state index contributed by atoms with van der Waals surface area (Å²) in [6.45, 7) is 6.67. The van der Waals surface area contributed by atoms with Crippen LogP contribution in [-0.4, -0.2) is 0 Å². The molecule has 0 atom stereocenters. The molecule has 1 N–H and O–H groups in total. The van der Waals surface area contributed by atoms with E-state index in [1.165, 1.54) is 60.0 Å². The Morgan fingerprint density at radius 1 is 0.727 bits per heavy atom. The smallest absolute Gasteiger partial charge is 0.0628 e. The van der Waals surface area contributed by atoms with Gasteiger partial charge in [0, 0.05) is 5.69 Å². The number of hydrogen-bond donors (Lipinski definition) is 1. The SMILES string of the molecule is Cc1ccccc1C1(Nc2c(C)cccc2C)CCCCC1. The molecule has 1 saturated carbocycles. The van der Waals surface area contributed by atoms with Crippen LogP contribution in [0.25, 0.3) is 0 Å². The Morgan fingerprint density at radius 3 is 1.95 bits per heavy atom. The number of benzene rings is 2. The Bertz CT molecular complexity index is 630. The summed E-state index contributed by atoms with van der Waals surface area (Å²) in [7, 11) is 0. The van der Waals surface area contributed by atoms with Gasteiger partial charge in [-0.3, -0.25) is 0 Å². The molecule has 0 bridgehead atoms. The van der Waals surface area contributed by atoms with E-state index in [4.69, 9.17) is 0 Å². The number of hydrogen-bond acceptors (Lipinski definition) is 1. The first-order valence-electron chi connectivity index (χ1n) is 8.53. The molecule has 0 radical (unpaired) electrons. The Labute approximate surface area is 134 Å². The third kappa shape index (κ3) is 2.77. The average molecular weight is 293 g/mol. The van der Waals surface area contributed by atoms with E-state index in [0.717, 1.165) is 0 Å². The maximum atomic E-state index is 3.99. The minimum atomic E-state index is 0.0977. The maximum Gasteiger partial charge on any atom is 0.0628 e. The van der Waals surface area contributed by atoms with Gasteiger partial charge in [0.05, 0.1) is 5.54 Å². The predicted octanol–water partition coefficient (Wildman–Crippen LogP) is 5.88. The summed E-state index contributed by atoms with van der Waals surface area (Å²) in [6, 6.07) is 15.5. The second-order valence-electron chi connectivity index (χ2n) is 6.85. The van der Waals surface area contributed by atoms with Crippen molar-refractivity contribution >= 4 is 5.69 Å². The van der Waals surface area contributed by atoms with Crippen LogP contribution >= 0.6 is 0 Å². The van der Waals surface area contributed by atoms with Crippen molar-refractivity contribution in [2.24, 2.45) is 0 Å². The molecule has 22 heavy (non-hydrogen) atoms. The zero-order valence-electron chi connectivity index (χ0n) is 14.1. The number of anilines is 1. The molecule has 3 rings (SSSR count). The van der Waals surface area contributed by atoms with Crippen molar-refractivity contribution in [2.45, 2.75) is 58.4 Å². The lowest BCUT2D eigenvalue weighted by molar-refractivity contribution is 0.329. The van der Waals surface area contributed by atoms with Gasteiger partial charge in [0.25, 0.3) is 0 Å². The van der Waals surface area contributed by atoms with Crippen molar-refractivity contribution in [3.63, 3.8) is 0 Å². The highest BCUT2D eigenvalue weighted by Crippen LogP contribution is 2.42. The second-order valence-corrected chi connectivity index (χ2v) is 6.85. The van der Waals surface area contributed by atoms with Gasteiger partial charge >= 0.3 is 0 Å². The van der Waals surface area contributed by atoms with Crippen molar-refractivity contribution in [1.29, 1.82) is 0 Å². The Kier molecular flexibility index (Phi) is 4.24. The fourth-order valence-corrected chi connectivity index (χ4v) is 3.98. The standard InChI is InChI=1S/C21H27N/c1-16-10-5-6-13-19(16)21(14-7-4-8-15-21)22-20-17(2)11-9-12-18(20)3/h5-6,9-13,22H,4,7-8,14-15H2,1-3H3. The van der Waals surface area contributed by atoms with Crippen LogP contribution in [0.4, 0.5) is 5.69 Å². The quantitative estimate of drug-likeness (QED) is 0.744. The first kappa shape index (κ1) is 15.1. The molecule has 1 aliphatic rings. The number of nitrogens with one attached hydrogen (secondary N) is 1. The van der Waals surface area contributed by atoms with Crippen LogP contribution in [-0.2, 0) is 5.54 Å². The van der Waals surface area contributed by atoms with Gasteiger partial charge in [-0.25, -0.2) is 0 Å². The van der Waals surface area contributed by atoms with Crippen molar-refractivity contribution in [2.75, 3.05) is 5.32 Å². The zero-order valence-corrected chi connectivity index (χ0v) is 14.1. The summed E-state index contributed by atoms with van der Waals surface area (Å²) in [6.07, 6.45) is 6.44. The molecule has 0 heterocycles. The fourth-order valence-electron chi connectivity index (χ4n) is 3.98. The minimum absolute atomic E-state index is 0.0977. The van der Waals surface area contributed by atoms with Gasteiger partial charge in [0.15, 0.2) is 0 Å². The maximum absolute atomic E-state index is 3.99. The van der Waals surface area contributed by atoms with Crippen molar-refractivity contribution in [3.8, 4) is 0 Å². The summed E-state index contributed by atoms with van der Waals surface area (Å²) in [5.41, 5.74) is 7.01. The first-order valence-corrected chi connectivity index (χ1v) is 8.53. The van der Waals surface area contributed by atoms with Gasteiger partial charge in [-0.15, -0.1) is 0 Å². The van der Waals surface area contributed by atoms with Crippen molar-refractivity contribution in [3.05, 3.63) is 64.7 Å². The van der Waals surface area contributed by atoms with E-state index in [1.54, 1.807) is 0 Å². The zero-order chi connectivity index (χ0) is 15.6. The van der Waals surface area contributed by atoms with Gasteiger partial charge in [0.1, 0.15) is 0 Å². The second kappa shape index (κ2) is 6.16. The molecule has 0 unspecified atom stereocenters. The van der Waals surface area contributed by atoms with Crippen LogP contribution in [0.15, 0.2) is 42.5 Å². The predicted molar refractivity (Wildman–Crippen MR) is 95.5 cm³/mol. The van der Waals surface area contributed by atoms with Crippen LogP contribution in [0.2, 0.25) is 0 Å². The van der Waals surface area contributed by atoms with Gasteiger partial charge in [0.2, 0.25) is 0 Å². The van der Waals surface area contributed by atoms with E-state index in [2.05, 4.69) is 68.6 Å². The van der Waals surface area contributed by atoms with Gasteiger partial charge in [-0.05, 0) is 55.9 Å². The number of para-hydroxylation sites is 1. The number of aryl methyl sites for hydroxylation is 3. The molecule has 0 aliphatic heterocycles. The van der Waals surface area contributed by atoms with Crippen LogP contribution in [0.3, 0.4) is 0 Å². The van der Waals surface area contributed by atoms with Crippen molar-refractivity contribution in [1.82, 2.24) is 0 Å². The summed E-state index contributed by atoms with van der Waals surface area (Å²) < 4.78 is 0. The number of rotatable bonds is 3. The molecule has 1 fully saturated rings. The highest BCUT2D eigenvalue weighted by Gasteiger charge is 2.35. The molecule has 2 aromatic carbocycles. The monoisotopic (exact) mass is 293 g/mol. The van der Waals surface area contributed by atoms with Crippen LogP contribution < -0.4 is 5.32 Å². The van der Waals surface area contributed by atoms with E-state index in [9.17, 15) is 0 Å². The average Bonchev–Trinajstić information content (AvgIpc) is 2.52. The molecule has 1 nitrogen and oxygen atoms in total. The van der Waals surface area contributed by atoms with Crippen LogP contribution in [0, 0.1) is 20.8 Å². The molecule has 0 aromatic heterocycles. The van der Waals surface area contributed by atoms with Crippen molar-refractivity contribution < 1.29 is 0 Å². The Balaban J connectivity index is 2.06. The molecule has 116 valence electrons. The molecule has 0 saturated heterocycles. The highest BCUT2D eigenvalue weighted by molar-refractivity contribution is 5.59. The van der Waals surface area contributed by atoms with E-state index in [-0.39, 0.29) is 5.54 Å². The molecule has 2 aromatic rings. The first-order chi connectivity index (χ1) is 10.6. The minimum Gasteiger partial charge on any atom is -0.375 e. The van der Waals surface area contributed by atoms with Crippen LogP contribution in [0.5, 0.6) is 0 Å². The highest BCUT2D eigenvalue weighted by atomic mass is 15.0. The summed E-state index contributed by atoms with van der Waals surface area (Å²) in [5, 5.41) is 3.99. The van der Waals surface area contributed by atoms with E-state index in [1.807, 2.05) is 0 Å². The molecule has 0 spiro atoms. The topological polar surface area (TPSA) is 12.0 Å².